The SMILES string of the molecule is Cc1cn2c3c(=O)n(Cc4ccccc4)c(=O)n(C)c3nc2n1-c1ccc(S(N)(=O)=O)cc1. The molecule has 0 aliphatic carbocycles. The minimum atomic E-state index is -3.82. The number of aryl methyl sites for hydroxylation is 2. The number of primary sulfonamides is 1. The molecule has 0 unspecified atom stereocenters. The lowest BCUT2D eigenvalue weighted by atomic mass is 10.2. The predicted molar refractivity (Wildman–Crippen MR) is 123 cm³/mol. The van der Waals surface area contributed by atoms with Crippen LogP contribution in [-0.2, 0) is 23.6 Å². The van der Waals surface area contributed by atoms with Gasteiger partial charge in [0.2, 0.25) is 15.8 Å². The van der Waals surface area contributed by atoms with Gasteiger partial charge in [-0.25, -0.2) is 18.4 Å². The van der Waals surface area contributed by atoms with E-state index >= 15 is 0 Å². The number of rotatable bonds is 4. The molecule has 5 rings (SSSR count). The Morgan fingerprint density at radius 2 is 1.67 bits per heavy atom. The molecule has 33 heavy (non-hydrogen) atoms. The lowest BCUT2D eigenvalue weighted by molar-refractivity contribution is 0.598. The molecule has 2 aromatic carbocycles. The fraction of sp³-hybridized carbons (Fsp3) is 0.136. The summed E-state index contributed by atoms with van der Waals surface area (Å²) in [6, 6.07) is 15.3. The zero-order valence-electron chi connectivity index (χ0n) is 17.8. The van der Waals surface area contributed by atoms with E-state index in [-0.39, 0.29) is 22.6 Å². The Labute approximate surface area is 187 Å². The Kier molecular flexibility index (Phi) is 4.62. The summed E-state index contributed by atoms with van der Waals surface area (Å²) >= 11 is 0. The van der Waals surface area contributed by atoms with Crippen molar-refractivity contribution in [3.63, 3.8) is 0 Å². The molecule has 168 valence electrons. The van der Waals surface area contributed by atoms with Gasteiger partial charge in [0.25, 0.3) is 5.56 Å². The fourth-order valence-corrected chi connectivity index (χ4v) is 4.54. The highest BCUT2D eigenvalue weighted by Gasteiger charge is 2.21. The van der Waals surface area contributed by atoms with E-state index in [1.807, 2.05) is 37.3 Å². The third-order valence-corrected chi connectivity index (χ3v) is 6.56. The van der Waals surface area contributed by atoms with Gasteiger partial charge in [-0.3, -0.25) is 22.9 Å². The average molecular weight is 465 g/mol. The number of nitrogens with zero attached hydrogens (tertiary/aromatic N) is 5. The molecule has 0 bridgehead atoms. The van der Waals surface area contributed by atoms with Crippen molar-refractivity contribution in [3.05, 3.63) is 92.9 Å². The minimum absolute atomic E-state index is 0.00761. The van der Waals surface area contributed by atoms with Gasteiger partial charge in [0, 0.05) is 24.6 Å². The Morgan fingerprint density at radius 1 is 1.00 bits per heavy atom. The van der Waals surface area contributed by atoms with Crippen molar-refractivity contribution in [3.8, 4) is 5.69 Å². The number of fused-ring (bicyclic) bond motifs is 3. The number of sulfonamides is 1. The molecule has 0 radical (unpaired) electrons. The second-order valence-electron chi connectivity index (χ2n) is 7.82. The van der Waals surface area contributed by atoms with E-state index in [1.54, 1.807) is 34.3 Å². The van der Waals surface area contributed by atoms with Crippen LogP contribution in [0.4, 0.5) is 0 Å². The smallest absolute Gasteiger partial charge is 0.283 e. The first kappa shape index (κ1) is 20.9. The highest BCUT2D eigenvalue weighted by atomic mass is 32.2. The third kappa shape index (κ3) is 3.29. The van der Waals surface area contributed by atoms with Crippen LogP contribution in [0.2, 0.25) is 0 Å². The molecule has 0 atom stereocenters. The second-order valence-corrected chi connectivity index (χ2v) is 9.38. The molecule has 0 aliphatic heterocycles. The summed E-state index contributed by atoms with van der Waals surface area (Å²) in [4.78, 5) is 30.9. The third-order valence-electron chi connectivity index (χ3n) is 5.63. The second kappa shape index (κ2) is 7.29. The first-order valence-corrected chi connectivity index (χ1v) is 11.6. The van der Waals surface area contributed by atoms with Gasteiger partial charge in [0.05, 0.1) is 11.4 Å². The van der Waals surface area contributed by atoms with E-state index in [0.29, 0.717) is 11.5 Å². The standard InChI is InChI=1S/C22H20N6O4S/c1-14-12-26-18-19(24-21(26)28(14)16-8-10-17(11-9-16)33(23,31)32)25(2)22(30)27(20(18)29)13-15-6-4-3-5-7-15/h3-12H,13H2,1-2H3,(H2,23,31,32). The van der Waals surface area contributed by atoms with Crippen LogP contribution in [0, 0.1) is 6.92 Å². The van der Waals surface area contributed by atoms with Gasteiger partial charge in [-0.15, -0.1) is 0 Å². The predicted octanol–water partition coefficient (Wildman–Crippen LogP) is 1.14. The van der Waals surface area contributed by atoms with Crippen LogP contribution in [0.5, 0.6) is 0 Å². The summed E-state index contributed by atoms with van der Waals surface area (Å²) in [5.41, 5.74) is 1.89. The van der Waals surface area contributed by atoms with Crippen molar-refractivity contribution >= 4 is 27.0 Å². The molecule has 2 N–H and O–H groups in total. The molecule has 0 spiro atoms. The van der Waals surface area contributed by atoms with E-state index in [2.05, 4.69) is 4.98 Å². The number of imidazole rings is 2. The average Bonchev–Trinajstić information content (AvgIpc) is 3.30. The summed E-state index contributed by atoms with van der Waals surface area (Å²) < 4.78 is 29.1. The maximum absolute atomic E-state index is 13.4. The van der Waals surface area contributed by atoms with Gasteiger partial charge in [-0.1, -0.05) is 30.3 Å². The number of nitrogens with two attached hydrogens (primary N) is 1. The topological polar surface area (TPSA) is 126 Å². The largest absolute Gasteiger partial charge is 0.332 e. The molecule has 11 heteroatoms. The van der Waals surface area contributed by atoms with Crippen molar-refractivity contribution in [1.29, 1.82) is 0 Å². The van der Waals surface area contributed by atoms with Crippen LogP contribution < -0.4 is 16.4 Å². The van der Waals surface area contributed by atoms with Crippen LogP contribution in [0.1, 0.15) is 11.3 Å². The Morgan fingerprint density at radius 3 is 2.30 bits per heavy atom. The summed E-state index contributed by atoms with van der Waals surface area (Å²) in [5, 5.41) is 5.19. The first-order valence-electron chi connectivity index (χ1n) is 10.0. The molecular weight excluding hydrogens is 444 g/mol. The Balaban J connectivity index is 1.75. The minimum Gasteiger partial charge on any atom is -0.283 e. The Hall–Kier alpha value is -3.96. The zero-order valence-corrected chi connectivity index (χ0v) is 18.7. The van der Waals surface area contributed by atoms with E-state index in [4.69, 9.17) is 5.14 Å². The maximum atomic E-state index is 13.4. The molecule has 10 nitrogen and oxygen atoms in total. The lowest BCUT2D eigenvalue weighted by Gasteiger charge is -2.08. The quantitative estimate of drug-likeness (QED) is 0.427. The molecule has 3 aromatic heterocycles. The van der Waals surface area contributed by atoms with Crippen molar-refractivity contribution in [2.45, 2.75) is 18.4 Å². The van der Waals surface area contributed by atoms with Gasteiger partial charge in [0.15, 0.2) is 11.2 Å². The van der Waals surface area contributed by atoms with E-state index in [0.717, 1.165) is 11.3 Å². The van der Waals surface area contributed by atoms with Crippen molar-refractivity contribution in [2.24, 2.45) is 12.2 Å². The van der Waals surface area contributed by atoms with E-state index in [9.17, 15) is 18.0 Å². The van der Waals surface area contributed by atoms with Gasteiger partial charge in [-0.05, 0) is 36.8 Å². The summed E-state index contributed by atoms with van der Waals surface area (Å²) in [7, 11) is -2.24. The van der Waals surface area contributed by atoms with Gasteiger partial charge in [0.1, 0.15) is 0 Å². The van der Waals surface area contributed by atoms with Crippen LogP contribution in [0.25, 0.3) is 22.6 Å². The van der Waals surface area contributed by atoms with Crippen molar-refractivity contribution in [1.82, 2.24) is 23.1 Å². The molecule has 3 heterocycles. The number of benzene rings is 2. The molecular formula is C22H20N6O4S. The summed E-state index contributed by atoms with van der Waals surface area (Å²) in [6.07, 6.45) is 1.76. The summed E-state index contributed by atoms with van der Waals surface area (Å²) in [5.74, 6) is 0.426. The van der Waals surface area contributed by atoms with Crippen molar-refractivity contribution < 1.29 is 8.42 Å². The molecule has 0 fully saturated rings. The fourth-order valence-electron chi connectivity index (χ4n) is 4.02. The first-order chi connectivity index (χ1) is 15.7. The number of aromatic nitrogens is 5. The van der Waals surface area contributed by atoms with Crippen LogP contribution >= 0.6 is 0 Å². The normalized spacial score (nSPS) is 12.1. The molecule has 0 saturated carbocycles. The van der Waals surface area contributed by atoms with Crippen LogP contribution in [-0.4, -0.2) is 31.5 Å². The van der Waals surface area contributed by atoms with E-state index in [1.165, 1.54) is 21.3 Å². The van der Waals surface area contributed by atoms with Crippen LogP contribution in [0.15, 0.2) is 75.3 Å². The van der Waals surface area contributed by atoms with E-state index < -0.39 is 21.3 Å². The van der Waals surface area contributed by atoms with Gasteiger partial charge >= 0.3 is 5.69 Å². The Bertz CT molecular complexity index is 1760. The lowest BCUT2D eigenvalue weighted by Crippen LogP contribution is -2.39. The maximum Gasteiger partial charge on any atom is 0.332 e. The van der Waals surface area contributed by atoms with Gasteiger partial charge in [-0.2, -0.15) is 4.98 Å². The molecule has 0 aliphatic rings. The van der Waals surface area contributed by atoms with Gasteiger partial charge < -0.3 is 0 Å². The molecule has 5 aromatic rings. The summed E-state index contributed by atoms with van der Waals surface area (Å²) in [6.45, 7) is 1.99. The number of hydrogen-bond acceptors (Lipinski definition) is 5. The zero-order chi connectivity index (χ0) is 23.5. The number of hydrogen-bond donors (Lipinski definition) is 1. The monoisotopic (exact) mass is 464 g/mol. The molecule has 0 saturated heterocycles. The van der Waals surface area contributed by atoms with Crippen molar-refractivity contribution in [2.75, 3.05) is 0 Å². The highest BCUT2D eigenvalue weighted by Crippen LogP contribution is 2.22. The molecule has 0 amide bonds. The highest BCUT2D eigenvalue weighted by molar-refractivity contribution is 7.89. The van der Waals surface area contributed by atoms with Crippen LogP contribution in [0.3, 0.4) is 0 Å².